The molecule has 3 rings (SSSR count). The van der Waals surface area contributed by atoms with Crippen LogP contribution >= 0.6 is 0 Å². The molecule has 1 fully saturated rings. The van der Waals surface area contributed by atoms with Crippen molar-refractivity contribution in [3.05, 3.63) is 45.0 Å². The topological polar surface area (TPSA) is 95.5 Å². The molecule has 8 nitrogen and oxygen atoms in total. The lowest BCUT2D eigenvalue weighted by Gasteiger charge is -2.34. The molecule has 1 aliphatic heterocycles. The zero-order valence-corrected chi connectivity index (χ0v) is 13.3. The number of aromatic amines is 1. The summed E-state index contributed by atoms with van der Waals surface area (Å²) in [6, 6.07) is 6.50. The van der Waals surface area contributed by atoms with Crippen LogP contribution in [0.15, 0.2) is 33.9 Å². The molecule has 1 N–H and O–H groups in total. The highest BCUT2D eigenvalue weighted by Crippen LogP contribution is 2.05. The third kappa shape index (κ3) is 2.94. The molecule has 8 heteroatoms. The molecule has 0 spiro atoms. The van der Waals surface area contributed by atoms with E-state index in [-0.39, 0.29) is 23.7 Å². The van der Waals surface area contributed by atoms with E-state index >= 15 is 0 Å². The molecule has 2 amide bonds. The molecule has 1 aliphatic rings. The SMILES string of the molecule is CC(=O)N1CCN(C(=O)Cn2[nH]c(=O)c3ccccc3c2=O)CC1. The fraction of sp³-hybridized carbons (Fsp3) is 0.375. The van der Waals surface area contributed by atoms with Crippen LogP contribution in [0, 0.1) is 0 Å². The van der Waals surface area contributed by atoms with E-state index in [0.717, 1.165) is 4.68 Å². The number of hydrogen-bond acceptors (Lipinski definition) is 4. The van der Waals surface area contributed by atoms with Gasteiger partial charge < -0.3 is 9.80 Å². The van der Waals surface area contributed by atoms with Gasteiger partial charge in [-0.05, 0) is 12.1 Å². The highest BCUT2D eigenvalue weighted by atomic mass is 16.2. The molecular formula is C16H18N4O4. The second-order valence-electron chi connectivity index (χ2n) is 5.76. The standard InChI is InChI=1S/C16H18N4O4/c1-11(21)18-6-8-19(9-7-18)14(22)10-20-16(24)13-5-3-2-4-12(13)15(23)17-20/h2-5H,6-10H2,1H3,(H,17,23). The van der Waals surface area contributed by atoms with Crippen molar-refractivity contribution in [1.29, 1.82) is 0 Å². The van der Waals surface area contributed by atoms with Crippen molar-refractivity contribution in [3.8, 4) is 0 Å². The highest BCUT2D eigenvalue weighted by Gasteiger charge is 2.23. The van der Waals surface area contributed by atoms with Gasteiger partial charge in [-0.1, -0.05) is 12.1 Å². The zero-order valence-electron chi connectivity index (χ0n) is 13.3. The van der Waals surface area contributed by atoms with E-state index in [1.807, 2.05) is 0 Å². The summed E-state index contributed by atoms with van der Waals surface area (Å²) in [5.41, 5.74) is -0.805. The second kappa shape index (κ2) is 6.31. The first kappa shape index (κ1) is 16.0. The number of piperazine rings is 1. The number of aromatic nitrogens is 2. The highest BCUT2D eigenvalue weighted by molar-refractivity contribution is 5.81. The first-order chi connectivity index (χ1) is 11.5. The first-order valence-electron chi connectivity index (χ1n) is 7.72. The van der Waals surface area contributed by atoms with Gasteiger partial charge >= 0.3 is 0 Å². The Bertz CT molecular complexity index is 906. The van der Waals surface area contributed by atoms with Crippen LogP contribution in [0.25, 0.3) is 10.8 Å². The summed E-state index contributed by atoms with van der Waals surface area (Å²) in [7, 11) is 0. The number of nitrogens with one attached hydrogen (secondary N) is 1. The van der Waals surface area contributed by atoms with E-state index in [0.29, 0.717) is 31.6 Å². The van der Waals surface area contributed by atoms with Gasteiger partial charge in [0.05, 0.1) is 10.8 Å². The van der Waals surface area contributed by atoms with Crippen LogP contribution in [0.4, 0.5) is 0 Å². The van der Waals surface area contributed by atoms with Gasteiger partial charge in [0.2, 0.25) is 11.8 Å². The van der Waals surface area contributed by atoms with Crippen molar-refractivity contribution in [1.82, 2.24) is 19.6 Å². The predicted octanol–water partition coefficient (Wildman–Crippen LogP) is -0.619. The molecule has 0 radical (unpaired) electrons. The molecule has 2 heterocycles. The Kier molecular flexibility index (Phi) is 4.20. The number of fused-ring (bicyclic) bond motifs is 1. The molecule has 1 aromatic heterocycles. The van der Waals surface area contributed by atoms with Gasteiger partial charge in [0, 0.05) is 33.1 Å². The Labute approximate surface area is 137 Å². The molecule has 0 atom stereocenters. The zero-order chi connectivity index (χ0) is 17.3. The van der Waals surface area contributed by atoms with Crippen molar-refractivity contribution in [2.75, 3.05) is 26.2 Å². The molecule has 24 heavy (non-hydrogen) atoms. The van der Waals surface area contributed by atoms with E-state index in [1.165, 1.54) is 6.92 Å². The van der Waals surface area contributed by atoms with E-state index in [4.69, 9.17) is 0 Å². The van der Waals surface area contributed by atoms with Crippen molar-refractivity contribution < 1.29 is 9.59 Å². The molecule has 1 saturated heterocycles. The van der Waals surface area contributed by atoms with E-state index in [1.54, 1.807) is 34.1 Å². The molecule has 0 aliphatic carbocycles. The van der Waals surface area contributed by atoms with Crippen LogP contribution in [-0.4, -0.2) is 57.6 Å². The number of benzene rings is 1. The molecule has 0 bridgehead atoms. The number of amides is 2. The van der Waals surface area contributed by atoms with E-state index in [9.17, 15) is 19.2 Å². The molecule has 1 aromatic carbocycles. The second-order valence-corrected chi connectivity index (χ2v) is 5.76. The lowest BCUT2D eigenvalue weighted by Crippen LogP contribution is -2.51. The Morgan fingerprint density at radius 2 is 1.58 bits per heavy atom. The van der Waals surface area contributed by atoms with Crippen LogP contribution in [0.3, 0.4) is 0 Å². The molecule has 126 valence electrons. The summed E-state index contributed by atoms with van der Waals surface area (Å²) in [6.07, 6.45) is 0. The Hall–Kier alpha value is -2.90. The number of nitrogens with zero attached hydrogens (tertiary/aromatic N) is 3. The van der Waals surface area contributed by atoms with Gasteiger partial charge in [-0.25, -0.2) is 4.68 Å². The van der Waals surface area contributed by atoms with Gasteiger partial charge in [-0.3, -0.25) is 24.3 Å². The minimum Gasteiger partial charge on any atom is -0.339 e. The maximum Gasteiger partial charge on any atom is 0.273 e. The predicted molar refractivity (Wildman–Crippen MR) is 87.7 cm³/mol. The van der Waals surface area contributed by atoms with Crippen LogP contribution in [0.5, 0.6) is 0 Å². The van der Waals surface area contributed by atoms with Crippen LogP contribution in [-0.2, 0) is 16.1 Å². The minimum absolute atomic E-state index is 0.0165. The monoisotopic (exact) mass is 330 g/mol. The van der Waals surface area contributed by atoms with Gasteiger partial charge in [0.25, 0.3) is 11.1 Å². The molecule has 0 unspecified atom stereocenters. The van der Waals surface area contributed by atoms with Crippen LogP contribution in [0.2, 0.25) is 0 Å². The third-order valence-electron chi connectivity index (χ3n) is 4.25. The van der Waals surface area contributed by atoms with E-state index in [2.05, 4.69) is 5.10 Å². The van der Waals surface area contributed by atoms with Crippen molar-refractivity contribution in [2.24, 2.45) is 0 Å². The summed E-state index contributed by atoms with van der Waals surface area (Å²) < 4.78 is 1.05. The van der Waals surface area contributed by atoms with Gasteiger partial charge in [0.15, 0.2) is 0 Å². The maximum absolute atomic E-state index is 12.4. The van der Waals surface area contributed by atoms with Gasteiger partial charge in [-0.2, -0.15) is 0 Å². The maximum atomic E-state index is 12.4. The van der Waals surface area contributed by atoms with Gasteiger partial charge in [0.1, 0.15) is 6.54 Å². The van der Waals surface area contributed by atoms with Crippen molar-refractivity contribution >= 4 is 22.6 Å². The number of rotatable bonds is 2. The fourth-order valence-corrected chi connectivity index (χ4v) is 2.86. The van der Waals surface area contributed by atoms with Crippen molar-refractivity contribution in [3.63, 3.8) is 0 Å². The summed E-state index contributed by atoms with van der Waals surface area (Å²) in [6.45, 7) is 3.07. The number of carbonyl (C=O) groups excluding carboxylic acids is 2. The molecular weight excluding hydrogens is 312 g/mol. The summed E-state index contributed by atoms with van der Waals surface area (Å²) in [5.74, 6) is -0.275. The van der Waals surface area contributed by atoms with Crippen LogP contribution < -0.4 is 11.1 Å². The summed E-state index contributed by atoms with van der Waals surface area (Å²) in [5, 5.41) is 3.05. The lowest BCUT2D eigenvalue weighted by molar-refractivity contribution is -0.139. The number of hydrogen-bond donors (Lipinski definition) is 1. The number of H-pyrrole nitrogens is 1. The average molecular weight is 330 g/mol. The smallest absolute Gasteiger partial charge is 0.273 e. The molecule has 2 aromatic rings. The average Bonchev–Trinajstić information content (AvgIpc) is 2.59. The fourth-order valence-electron chi connectivity index (χ4n) is 2.86. The van der Waals surface area contributed by atoms with Crippen molar-refractivity contribution in [2.45, 2.75) is 13.5 Å². The molecule has 0 saturated carbocycles. The summed E-state index contributed by atoms with van der Waals surface area (Å²) in [4.78, 5) is 51.4. The first-order valence-corrected chi connectivity index (χ1v) is 7.72. The third-order valence-corrected chi connectivity index (χ3v) is 4.25. The quantitative estimate of drug-likeness (QED) is 0.794. The number of carbonyl (C=O) groups is 2. The van der Waals surface area contributed by atoms with Crippen LogP contribution in [0.1, 0.15) is 6.92 Å². The Morgan fingerprint density at radius 1 is 1.00 bits per heavy atom. The lowest BCUT2D eigenvalue weighted by atomic mass is 10.2. The minimum atomic E-state index is -0.403. The van der Waals surface area contributed by atoms with Gasteiger partial charge in [-0.15, -0.1) is 0 Å². The van der Waals surface area contributed by atoms with E-state index < -0.39 is 11.1 Å². The Balaban J connectivity index is 1.79. The Morgan fingerprint density at radius 3 is 2.21 bits per heavy atom. The largest absolute Gasteiger partial charge is 0.339 e. The summed E-state index contributed by atoms with van der Waals surface area (Å²) >= 11 is 0. The normalized spacial score (nSPS) is 14.9.